The summed E-state index contributed by atoms with van der Waals surface area (Å²) in [6.07, 6.45) is 5.77. The lowest BCUT2D eigenvalue weighted by Gasteiger charge is -2.14. The summed E-state index contributed by atoms with van der Waals surface area (Å²) in [5, 5.41) is 9.31. The van der Waals surface area contributed by atoms with Crippen LogP contribution in [0.4, 0.5) is 0 Å². The smallest absolute Gasteiger partial charge is 0.274 e. The fourth-order valence-electron chi connectivity index (χ4n) is 3.70. The lowest BCUT2D eigenvalue weighted by atomic mass is 10.1. The van der Waals surface area contributed by atoms with Gasteiger partial charge in [0.15, 0.2) is 11.5 Å². The van der Waals surface area contributed by atoms with Crippen molar-refractivity contribution in [1.82, 2.24) is 24.8 Å². The Kier molecular flexibility index (Phi) is 5.67. The zero-order chi connectivity index (χ0) is 20.4. The molecule has 0 bridgehead atoms. The van der Waals surface area contributed by atoms with Crippen molar-refractivity contribution in [3.05, 3.63) is 58.0 Å². The van der Waals surface area contributed by atoms with E-state index in [0.29, 0.717) is 28.9 Å². The van der Waals surface area contributed by atoms with Gasteiger partial charge in [-0.25, -0.2) is 4.68 Å². The molecule has 2 aromatic heterocycles. The van der Waals surface area contributed by atoms with Crippen LogP contribution in [0.3, 0.4) is 0 Å². The van der Waals surface area contributed by atoms with Crippen LogP contribution in [0.1, 0.15) is 59.6 Å². The fraction of sp³-hybridized carbons (Fsp3) is 0.429. The summed E-state index contributed by atoms with van der Waals surface area (Å²) >= 11 is 6.04. The van der Waals surface area contributed by atoms with Gasteiger partial charge in [0, 0.05) is 29.7 Å². The van der Waals surface area contributed by atoms with Gasteiger partial charge in [-0.3, -0.25) is 4.79 Å². The van der Waals surface area contributed by atoms with Gasteiger partial charge in [-0.1, -0.05) is 30.1 Å². The number of aromatic nitrogens is 4. The van der Waals surface area contributed by atoms with E-state index in [1.165, 1.54) is 0 Å². The van der Waals surface area contributed by atoms with Crippen molar-refractivity contribution in [3.63, 3.8) is 0 Å². The molecule has 1 aliphatic carbocycles. The van der Waals surface area contributed by atoms with Crippen molar-refractivity contribution < 1.29 is 9.32 Å². The van der Waals surface area contributed by atoms with Crippen LogP contribution in [-0.2, 0) is 25.8 Å². The molecule has 1 aliphatic rings. The minimum Gasteiger partial charge on any atom is -0.337 e. The molecule has 0 saturated heterocycles. The number of carbonyl (C=O) groups is 1. The second kappa shape index (κ2) is 8.37. The van der Waals surface area contributed by atoms with Gasteiger partial charge in [0.05, 0.1) is 5.69 Å². The first-order valence-electron chi connectivity index (χ1n) is 10.0. The summed E-state index contributed by atoms with van der Waals surface area (Å²) in [5.74, 6) is 0.940. The molecule has 0 aliphatic heterocycles. The van der Waals surface area contributed by atoms with E-state index in [4.69, 9.17) is 21.2 Å². The molecule has 0 atom stereocenters. The number of fused-ring (bicyclic) bond motifs is 1. The molecule has 152 valence electrons. The Morgan fingerprint density at radius 2 is 1.97 bits per heavy atom. The first kappa shape index (κ1) is 19.6. The summed E-state index contributed by atoms with van der Waals surface area (Å²) in [7, 11) is 1.74. The molecule has 0 N–H and O–H groups in total. The highest BCUT2D eigenvalue weighted by Crippen LogP contribution is 2.27. The van der Waals surface area contributed by atoms with Crippen LogP contribution < -0.4 is 0 Å². The van der Waals surface area contributed by atoms with Gasteiger partial charge in [0.2, 0.25) is 5.89 Å². The lowest BCUT2D eigenvalue weighted by molar-refractivity contribution is 0.0762. The molecular formula is C21H24ClN5O2. The topological polar surface area (TPSA) is 77.0 Å². The van der Waals surface area contributed by atoms with E-state index >= 15 is 0 Å². The molecule has 0 spiro atoms. The number of rotatable bonds is 5. The molecule has 4 rings (SSSR count). The third-order valence-electron chi connectivity index (χ3n) is 5.25. The monoisotopic (exact) mass is 413 g/mol. The number of aryl methyl sites for hydroxylation is 1. The number of amides is 1. The minimum absolute atomic E-state index is 0.132. The van der Waals surface area contributed by atoms with Crippen LogP contribution in [0.2, 0.25) is 5.02 Å². The standard InChI is InChI=1S/C21H24ClN5O2/c1-3-18-23-19(29-25-18)13-26(2)21(28)20-16-7-5-4-6-8-17(16)27(24-20)15-11-9-14(22)10-12-15/h9-12H,3-8,13H2,1-2H3. The van der Waals surface area contributed by atoms with E-state index in [0.717, 1.165) is 49.0 Å². The first-order valence-corrected chi connectivity index (χ1v) is 10.4. The molecule has 0 fully saturated rings. The highest BCUT2D eigenvalue weighted by atomic mass is 35.5. The molecule has 3 aromatic rings. The molecule has 7 nitrogen and oxygen atoms in total. The molecule has 2 heterocycles. The van der Waals surface area contributed by atoms with Crippen LogP contribution in [0.5, 0.6) is 0 Å². The summed E-state index contributed by atoms with van der Waals surface area (Å²) < 4.78 is 7.14. The van der Waals surface area contributed by atoms with Crippen LogP contribution in [-0.4, -0.2) is 37.8 Å². The Bertz CT molecular complexity index is 1010. The average Bonchev–Trinajstić information content (AvgIpc) is 3.24. The predicted molar refractivity (Wildman–Crippen MR) is 109 cm³/mol. The Hall–Kier alpha value is -2.67. The Labute approximate surface area is 174 Å². The van der Waals surface area contributed by atoms with Gasteiger partial charge in [-0.15, -0.1) is 0 Å². The predicted octanol–water partition coefficient (Wildman–Crippen LogP) is 4.01. The van der Waals surface area contributed by atoms with Crippen molar-refractivity contribution in [2.45, 2.75) is 52.0 Å². The molecule has 1 aromatic carbocycles. The maximum Gasteiger partial charge on any atom is 0.274 e. The maximum absolute atomic E-state index is 13.2. The quantitative estimate of drug-likeness (QED) is 0.590. The van der Waals surface area contributed by atoms with Crippen molar-refractivity contribution >= 4 is 17.5 Å². The molecule has 29 heavy (non-hydrogen) atoms. The van der Waals surface area contributed by atoms with Crippen LogP contribution in [0, 0.1) is 0 Å². The van der Waals surface area contributed by atoms with Gasteiger partial charge in [0.1, 0.15) is 6.54 Å². The summed E-state index contributed by atoms with van der Waals surface area (Å²) in [6.45, 7) is 2.22. The maximum atomic E-state index is 13.2. The van der Waals surface area contributed by atoms with Crippen molar-refractivity contribution in [3.8, 4) is 5.69 Å². The largest absolute Gasteiger partial charge is 0.337 e. The van der Waals surface area contributed by atoms with Gasteiger partial charge < -0.3 is 9.42 Å². The van der Waals surface area contributed by atoms with E-state index in [9.17, 15) is 4.79 Å². The van der Waals surface area contributed by atoms with Crippen LogP contribution in [0.15, 0.2) is 28.8 Å². The fourth-order valence-corrected chi connectivity index (χ4v) is 3.82. The molecule has 0 saturated carbocycles. The SMILES string of the molecule is CCc1noc(CN(C)C(=O)c2nn(-c3ccc(Cl)cc3)c3c2CCCCC3)n1. The Morgan fingerprint density at radius 1 is 1.21 bits per heavy atom. The summed E-state index contributed by atoms with van der Waals surface area (Å²) in [4.78, 5) is 19.1. The molecule has 0 radical (unpaired) electrons. The van der Waals surface area contributed by atoms with Crippen LogP contribution in [0.25, 0.3) is 5.69 Å². The number of halogens is 1. The second-order valence-corrected chi connectivity index (χ2v) is 7.78. The normalized spacial score (nSPS) is 13.8. The number of nitrogens with zero attached hydrogens (tertiary/aromatic N) is 5. The number of hydrogen-bond acceptors (Lipinski definition) is 5. The van der Waals surface area contributed by atoms with E-state index in [-0.39, 0.29) is 12.5 Å². The number of benzene rings is 1. The van der Waals surface area contributed by atoms with Crippen molar-refractivity contribution in [1.29, 1.82) is 0 Å². The highest BCUT2D eigenvalue weighted by molar-refractivity contribution is 6.30. The van der Waals surface area contributed by atoms with E-state index < -0.39 is 0 Å². The van der Waals surface area contributed by atoms with Crippen molar-refractivity contribution in [2.75, 3.05) is 7.05 Å². The van der Waals surface area contributed by atoms with Gasteiger partial charge >= 0.3 is 0 Å². The highest BCUT2D eigenvalue weighted by Gasteiger charge is 2.27. The minimum atomic E-state index is -0.132. The Morgan fingerprint density at radius 3 is 2.69 bits per heavy atom. The second-order valence-electron chi connectivity index (χ2n) is 7.34. The zero-order valence-electron chi connectivity index (χ0n) is 16.7. The third kappa shape index (κ3) is 4.05. The van der Waals surface area contributed by atoms with E-state index in [1.54, 1.807) is 11.9 Å². The first-order chi connectivity index (χ1) is 14.1. The number of hydrogen-bond donors (Lipinski definition) is 0. The van der Waals surface area contributed by atoms with E-state index in [2.05, 4.69) is 10.1 Å². The number of carbonyl (C=O) groups excluding carboxylic acids is 1. The van der Waals surface area contributed by atoms with E-state index in [1.807, 2.05) is 35.9 Å². The van der Waals surface area contributed by atoms with Crippen molar-refractivity contribution in [2.24, 2.45) is 0 Å². The molecular weight excluding hydrogens is 390 g/mol. The Balaban J connectivity index is 1.66. The summed E-state index contributed by atoms with van der Waals surface area (Å²) in [5.41, 5.74) is 3.59. The average molecular weight is 414 g/mol. The van der Waals surface area contributed by atoms with Gasteiger partial charge in [0.25, 0.3) is 5.91 Å². The van der Waals surface area contributed by atoms with Gasteiger partial charge in [-0.2, -0.15) is 10.1 Å². The van der Waals surface area contributed by atoms with Crippen LogP contribution >= 0.6 is 11.6 Å². The molecule has 0 unspecified atom stereocenters. The lowest BCUT2D eigenvalue weighted by Crippen LogP contribution is -2.27. The zero-order valence-corrected chi connectivity index (χ0v) is 17.4. The summed E-state index contributed by atoms with van der Waals surface area (Å²) in [6, 6.07) is 7.55. The van der Waals surface area contributed by atoms with Gasteiger partial charge in [-0.05, 0) is 49.9 Å². The molecule has 8 heteroatoms. The third-order valence-corrected chi connectivity index (χ3v) is 5.50. The molecule has 1 amide bonds.